The van der Waals surface area contributed by atoms with Gasteiger partial charge in [0.15, 0.2) is 0 Å². The van der Waals surface area contributed by atoms with Crippen LogP contribution < -0.4 is 5.73 Å². The zero-order chi connectivity index (χ0) is 11.9. The monoisotopic (exact) mass is 250 g/mol. The quantitative estimate of drug-likeness (QED) is 0.675. The highest BCUT2D eigenvalue weighted by Crippen LogP contribution is 2.11. The Hall–Kier alpha value is -0.250. The Balaban J connectivity index is 3.46. The van der Waals surface area contributed by atoms with Gasteiger partial charge in [0.2, 0.25) is 0 Å². The molecular weight excluding hydrogens is 232 g/mol. The number of nitrogens with zero attached hydrogens (tertiary/aromatic N) is 1. The van der Waals surface area contributed by atoms with E-state index in [-0.39, 0.29) is 5.75 Å². The fourth-order valence-electron chi connectivity index (χ4n) is 0.910. The number of thioether (sulfide) groups is 1. The molecule has 0 amide bonds. The van der Waals surface area contributed by atoms with E-state index in [0.29, 0.717) is 12.2 Å². The maximum absolute atomic E-state index is 10.8. The van der Waals surface area contributed by atoms with Crippen LogP contribution in [0.2, 0.25) is 0 Å². The Morgan fingerprint density at radius 2 is 2.07 bits per heavy atom. The van der Waals surface area contributed by atoms with Gasteiger partial charge in [-0.25, -0.2) is 8.42 Å². The zero-order valence-electron chi connectivity index (χ0n) is 9.19. The largest absolute Gasteiger partial charge is 0.314 e. The predicted octanol–water partition coefficient (Wildman–Crippen LogP) is 0.785. The van der Waals surface area contributed by atoms with Gasteiger partial charge in [-0.3, -0.25) is 0 Å². The number of hydrogen-bond donors (Lipinski definition) is 1. The number of hydrogen-bond acceptors (Lipinski definition) is 5. The zero-order valence-corrected chi connectivity index (χ0v) is 10.8. The first-order valence-corrected chi connectivity index (χ1v) is 7.94. The summed E-state index contributed by atoms with van der Waals surface area (Å²) >= 11 is 1.59. The summed E-state index contributed by atoms with van der Waals surface area (Å²) in [5, 5.41) is 8.64. The van der Waals surface area contributed by atoms with Crippen molar-refractivity contribution in [2.45, 2.75) is 25.3 Å². The normalized spacial score (nSPS) is 15.6. The van der Waals surface area contributed by atoms with E-state index in [1.54, 1.807) is 18.7 Å². The van der Waals surface area contributed by atoms with Crippen molar-refractivity contribution in [3.05, 3.63) is 0 Å². The molecule has 0 aliphatic heterocycles. The third kappa shape index (κ3) is 10.0. The van der Waals surface area contributed by atoms with Crippen LogP contribution in [-0.2, 0) is 9.84 Å². The van der Waals surface area contributed by atoms with Gasteiger partial charge in [-0.05, 0) is 25.5 Å². The van der Waals surface area contributed by atoms with Crippen molar-refractivity contribution < 1.29 is 8.42 Å². The number of nitrogens with two attached hydrogens (primary N) is 1. The minimum atomic E-state index is -2.84. The second-order valence-corrected chi connectivity index (χ2v) is 7.36. The van der Waals surface area contributed by atoms with E-state index in [0.717, 1.165) is 12.2 Å². The molecule has 0 aromatic rings. The van der Waals surface area contributed by atoms with Crippen LogP contribution in [0.3, 0.4) is 0 Å². The van der Waals surface area contributed by atoms with Crippen molar-refractivity contribution in [3.63, 3.8) is 0 Å². The number of nitriles is 1. The lowest BCUT2D eigenvalue weighted by molar-refractivity contribution is 0.540. The fourth-order valence-corrected chi connectivity index (χ4v) is 3.14. The molecule has 0 rings (SSSR count). The van der Waals surface area contributed by atoms with Crippen molar-refractivity contribution in [2.75, 3.05) is 23.5 Å². The molecule has 0 aliphatic carbocycles. The molecule has 0 fully saturated rings. The molecule has 4 nitrogen and oxygen atoms in total. The molecular formula is C9H18N2O2S2. The first-order valence-electron chi connectivity index (χ1n) is 4.72. The molecule has 0 saturated heterocycles. The molecule has 0 heterocycles. The molecule has 2 N–H and O–H groups in total. The summed E-state index contributed by atoms with van der Waals surface area (Å²) in [6.45, 7) is 1.70. The van der Waals surface area contributed by atoms with Crippen molar-refractivity contribution in [1.82, 2.24) is 0 Å². The average Bonchev–Trinajstić information content (AvgIpc) is 2.09. The minimum Gasteiger partial charge on any atom is -0.314 e. The lowest BCUT2D eigenvalue weighted by Crippen LogP contribution is -2.33. The highest BCUT2D eigenvalue weighted by molar-refractivity contribution is 8.00. The average molecular weight is 250 g/mol. The summed E-state index contributed by atoms with van der Waals surface area (Å²) < 4.78 is 21.6. The molecule has 0 aromatic heterocycles. The molecule has 88 valence electrons. The van der Waals surface area contributed by atoms with Crippen LogP contribution in [0.4, 0.5) is 0 Å². The van der Waals surface area contributed by atoms with Crippen LogP contribution in [-0.4, -0.2) is 37.5 Å². The third-order valence-electron chi connectivity index (χ3n) is 1.84. The van der Waals surface area contributed by atoms with E-state index in [2.05, 4.69) is 0 Å². The summed E-state index contributed by atoms with van der Waals surface area (Å²) in [5.74, 6) is 1.69. The molecule has 1 atom stereocenters. The lowest BCUT2D eigenvalue weighted by Gasteiger charge is -2.14. The van der Waals surface area contributed by atoms with Gasteiger partial charge in [0.05, 0.1) is 11.8 Å². The Bertz CT molecular complexity index is 317. The molecule has 0 bridgehead atoms. The standard InChI is InChI=1S/C9H18N2O2S2/c1-9(11,8-10)4-3-5-14-6-7-15(2,12)13/h3-7,11H2,1-2H3. The van der Waals surface area contributed by atoms with E-state index >= 15 is 0 Å². The smallest absolute Gasteiger partial charge is 0.148 e. The van der Waals surface area contributed by atoms with Crippen molar-refractivity contribution >= 4 is 21.6 Å². The van der Waals surface area contributed by atoms with Gasteiger partial charge in [0.1, 0.15) is 15.4 Å². The first kappa shape index (κ1) is 14.8. The molecule has 6 heteroatoms. The number of rotatable bonds is 7. The second kappa shape index (κ2) is 6.36. The fraction of sp³-hybridized carbons (Fsp3) is 0.889. The van der Waals surface area contributed by atoms with E-state index in [1.807, 2.05) is 6.07 Å². The van der Waals surface area contributed by atoms with Gasteiger partial charge >= 0.3 is 0 Å². The van der Waals surface area contributed by atoms with E-state index in [4.69, 9.17) is 11.0 Å². The summed E-state index contributed by atoms with van der Waals surface area (Å²) in [7, 11) is -2.84. The molecule has 0 saturated carbocycles. The summed E-state index contributed by atoms with van der Waals surface area (Å²) in [5.41, 5.74) is 4.88. The van der Waals surface area contributed by atoms with Crippen LogP contribution in [0, 0.1) is 11.3 Å². The van der Waals surface area contributed by atoms with Gasteiger partial charge in [-0.1, -0.05) is 0 Å². The minimum absolute atomic E-state index is 0.218. The van der Waals surface area contributed by atoms with E-state index < -0.39 is 15.4 Å². The van der Waals surface area contributed by atoms with E-state index in [9.17, 15) is 8.42 Å². The van der Waals surface area contributed by atoms with Gasteiger partial charge < -0.3 is 5.73 Å². The van der Waals surface area contributed by atoms with Gasteiger partial charge in [0.25, 0.3) is 0 Å². The Labute approximate surface area is 96.1 Å². The molecule has 0 spiro atoms. The number of sulfone groups is 1. The van der Waals surface area contributed by atoms with Crippen LogP contribution in [0.1, 0.15) is 19.8 Å². The van der Waals surface area contributed by atoms with Crippen LogP contribution in [0.15, 0.2) is 0 Å². The molecule has 0 aromatic carbocycles. The summed E-state index contributed by atoms with van der Waals surface area (Å²) in [6.07, 6.45) is 2.73. The third-order valence-corrected chi connectivity index (χ3v) is 4.11. The first-order chi connectivity index (χ1) is 6.77. The van der Waals surface area contributed by atoms with Crippen molar-refractivity contribution in [2.24, 2.45) is 5.73 Å². The SMILES string of the molecule is CC(N)(C#N)CCCSCCS(C)(=O)=O. The van der Waals surface area contributed by atoms with Gasteiger partial charge in [0, 0.05) is 12.0 Å². The van der Waals surface area contributed by atoms with Gasteiger partial charge in [-0.2, -0.15) is 17.0 Å². The molecule has 0 aliphatic rings. The van der Waals surface area contributed by atoms with Crippen LogP contribution >= 0.6 is 11.8 Å². The highest BCUT2D eigenvalue weighted by atomic mass is 32.2. The van der Waals surface area contributed by atoms with E-state index in [1.165, 1.54) is 6.26 Å². The molecule has 1 unspecified atom stereocenters. The lowest BCUT2D eigenvalue weighted by atomic mass is 10.0. The Morgan fingerprint density at radius 3 is 2.53 bits per heavy atom. The summed E-state index contributed by atoms with van der Waals surface area (Å²) in [4.78, 5) is 0. The second-order valence-electron chi connectivity index (χ2n) is 3.88. The highest BCUT2D eigenvalue weighted by Gasteiger charge is 2.15. The van der Waals surface area contributed by atoms with Crippen molar-refractivity contribution in [1.29, 1.82) is 5.26 Å². The topological polar surface area (TPSA) is 83.9 Å². The molecule has 15 heavy (non-hydrogen) atoms. The van der Waals surface area contributed by atoms with Crippen LogP contribution in [0.25, 0.3) is 0 Å². The predicted molar refractivity (Wildman–Crippen MR) is 64.5 cm³/mol. The van der Waals surface area contributed by atoms with Crippen LogP contribution in [0.5, 0.6) is 0 Å². The Morgan fingerprint density at radius 1 is 1.47 bits per heavy atom. The Kier molecular flexibility index (Phi) is 6.25. The van der Waals surface area contributed by atoms with Gasteiger partial charge in [-0.15, -0.1) is 0 Å². The maximum atomic E-state index is 10.8. The summed E-state index contributed by atoms with van der Waals surface area (Å²) in [6, 6.07) is 2.03. The van der Waals surface area contributed by atoms with Crippen molar-refractivity contribution in [3.8, 4) is 6.07 Å². The molecule has 0 radical (unpaired) electrons. The maximum Gasteiger partial charge on any atom is 0.148 e.